The number of aliphatic hydroxyl groups excluding tert-OH is 1. The van der Waals surface area contributed by atoms with E-state index in [-0.39, 0.29) is 12.5 Å². The highest BCUT2D eigenvalue weighted by atomic mass is 16.3. The third-order valence-corrected chi connectivity index (χ3v) is 4.19. The number of aromatic nitrogens is 2. The molecule has 1 amide bonds. The summed E-state index contributed by atoms with van der Waals surface area (Å²) in [5.74, 6) is 1.52. The van der Waals surface area contributed by atoms with Crippen LogP contribution in [0.5, 0.6) is 0 Å². The van der Waals surface area contributed by atoms with Gasteiger partial charge in [-0.3, -0.25) is 4.79 Å². The molecule has 2 heterocycles. The zero-order chi connectivity index (χ0) is 14.7. The highest BCUT2D eigenvalue weighted by Crippen LogP contribution is 2.20. The van der Waals surface area contributed by atoms with Crippen LogP contribution in [0.4, 0.5) is 0 Å². The van der Waals surface area contributed by atoms with Crippen molar-refractivity contribution in [3.8, 4) is 0 Å². The molecule has 0 aliphatic carbocycles. The van der Waals surface area contributed by atoms with E-state index in [1.807, 2.05) is 29.2 Å². The molecule has 3 rings (SSSR count). The summed E-state index contributed by atoms with van der Waals surface area (Å²) in [5.41, 5.74) is 1.97. The molecule has 112 valence electrons. The lowest BCUT2D eigenvalue weighted by Gasteiger charge is -2.16. The minimum Gasteiger partial charge on any atom is -0.396 e. The third kappa shape index (κ3) is 3.24. The molecular formula is C16H21N3O2. The molecular weight excluding hydrogens is 266 g/mol. The Kier molecular flexibility index (Phi) is 4.20. The van der Waals surface area contributed by atoms with E-state index in [9.17, 15) is 4.79 Å². The van der Waals surface area contributed by atoms with Crippen molar-refractivity contribution in [3.05, 3.63) is 30.1 Å². The number of rotatable bonds is 5. The summed E-state index contributed by atoms with van der Waals surface area (Å²) in [6.07, 6.45) is 2.95. The summed E-state index contributed by atoms with van der Waals surface area (Å²) in [4.78, 5) is 21.9. The molecule has 1 unspecified atom stereocenters. The van der Waals surface area contributed by atoms with Gasteiger partial charge < -0.3 is 15.0 Å². The van der Waals surface area contributed by atoms with Crippen LogP contribution in [-0.2, 0) is 11.2 Å². The molecule has 5 nitrogen and oxygen atoms in total. The van der Waals surface area contributed by atoms with Gasteiger partial charge in [-0.1, -0.05) is 12.1 Å². The molecule has 0 saturated carbocycles. The summed E-state index contributed by atoms with van der Waals surface area (Å²) in [5, 5.41) is 8.96. The maximum Gasteiger partial charge on any atom is 0.223 e. The normalized spacial score (nSPS) is 18.5. The summed E-state index contributed by atoms with van der Waals surface area (Å²) in [7, 11) is 0. The number of imidazole rings is 1. The largest absolute Gasteiger partial charge is 0.396 e. The van der Waals surface area contributed by atoms with Crippen LogP contribution in [0.15, 0.2) is 24.3 Å². The first kappa shape index (κ1) is 14.1. The number of benzene rings is 1. The van der Waals surface area contributed by atoms with Crippen molar-refractivity contribution in [2.45, 2.75) is 25.7 Å². The minimum absolute atomic E-state index is 0.191. The zero-order valence-electron chi connectivity index (χ0n) is 12.1. The third-order valence-electron chi connectivity index (χ3n) is 4.19. The molecule has 5 heteroatoms. The van der Waals surface area contributed by atoms with Crippen LogP contribution in [0.1, 0.15) is 25.1 Å². The van der Waals surface area contributed by atoms with E-state index >= 15 is 0 Å². The second-order valence-electron chi connectivity index (χ2n) is 5.71. The lowest BCUT2D eigenvalue weighted by atomic mass is 10.1. The fourth-order valence-electron chi connectivity index (χ4n) is 2.98. The zero-order valence-corrected chi connectivity index (χ0v) is 12.1. The smallest absolute Gasteiger partial charge is 0.223 e. The van der Waals surface area contributed by atoms with Gasteiger partial charge in [-0.2, -0.15) is 0 Å². The second kappa shape index (κ2) is 6.26. The predicted octanol–water partition coefficient (Wildman–Crippen LogP) is 1.73. The highest BCUT2D eigenvalue weighted by Gasteiger charge is 2.25. The predicted molar refractivity (Wildman–Crippen MR) is 80.8 cm³/mol. The molecule has 2 N–H and O–H groups in total. The summed E-state index contributed by atoms with van der Waals surface area (Å²) in [6, 6.07) is 7.90. The van der Waals surface area contributed by atoms with E-state index < -0.39 is 0 Å². The highest BCUT2D eigenvalue weighted by molar-refractivity contribution is 5.77. The minimum atomic E-state index is 0.191. The van der Waals surface area contributed by atoms with Gasteiger partial charge in [0.05, 0.1) is 11.0 Å². The molecule has 1 aliphatic heterocycles. The number of aliphatic hydroxyl groups is 1. The maximum absolute atomic E-state index is 12.2. The average molecular weight is 287 g/mol. The van der Waals surface area contributed by atoms with Crippen LogP contribution < -0.4 is 0 Å². The molecule has 1 atom stereocenters. The van der Waals surface area contributed by atoms with Crippen LogP contribution in [0.3, 0.4) is 0 Å². The van der Waals surface area contributed by atoms with E-state index in [1.165, 1.54) is 0 Å². The fourth-order valence-corrected chi connectivity index (χ4v) is 2.98. The van der Waals surface area contributed by atoms with E-state index in [2.05, 4.69) is 9.97 Å². The van der Waals surface area contributed by atoms with Gasteiger partial charge in [0.1, 0.15) is 5.82 Å². The standard InChI is InChI=1S/C16H21N3O2/c20-10-8-12-7-9-19(11-12)16(21)6-5-15-17-13-3-1-2-4-14(13)18-15/h1-4,12,20H,5-11H2,(H,17,18). The van der Waals surface area contributed by atoms with Crippen molar-refractivity contribution in [2.75, 3.05) is 19.7 Å². The lowest BCUT2D eigenvalue weighted by Crippen LogP contribution is -2.29. The molecule has 1 aliphatic rings. The van der Waals surface area contributed by atoms with Crippen LogP contribution in [0.2, 0.25) is 0 Å². The Bertz CT molecular complexity index is 590. The maximum atomic E-state index is 12.2. The van der Waals surface area contributed by atoms with Crippen molar-refractivity contribution >= 4 is 16.9 Å². The second-order valence-corrected chi connectivity index (χ2v) is 5.71. The van der Waals surface area contributed by atoms with E-state index in [1.54, 1.807) is 0 Å². The number of nitrogens with zero attached hydrogens (tertiary/aromatic N) is 2. The first-order valence-electron chi connectivity index (χ1n) is 7.58. The van der Waals surface area contributed by atoms with E-state index in [0.717, 1.165) is 42.8 Å². The number of carbonyl (C=O) groups excluding carboxylic acids is 1. The first-order chi connectivity index (χ1) is 10.3. The molecule has 1 aromatic carbocycles. The van der Waals surface area contributed by atoms with Crippen molar-refractivity contribution in [3.63, 3.8) is 0 Å². The Morgan fingerprint density at radius 2 is 2.29 bits per heavy atom. The summed E-state index contributed by atoms with van der Waals surface area (Å²) < 4.78 is 0. The van der Waals surface area contributed by atoms with Crippen LogP contribution in [-0.4, -0.2) is 45.6 Å². The lowest BCUT2D eigenvalue weighted by molar-refractivity contribution is -0.130. The first-order valence-corrected chi connectivity index (χ1v) is 7.58. The Morgan fingerprint density at radius 3 is 3.10 bits per heavy atom. The van der Waals surface area contributed by atoms with Gasteiger partial charge in [0.15, 0.2) is 0 Å². The molecule has 2 aromatic rings. The van der Waals surface area contributed by atoms with Gasteiger partial charge in [0, 0.05) is 32.5 Å². The topological polar surface area (TPSA) is 69.2 Å². The Morgan fingerprint density at radius 1 is 1.43 bits per heavy atom. The van der Waals surface area contributed by atoms with Crippen molar-refractivity contribution in [1.82, 2.24) is 14.9 Å². The van der Waals surface area contributed by atoms with Gasteiger partial charge in [0.25, 0.3) is 0 Å². The Hall–Kier alpha value is -1.88. The van der Waals surface area contributed by atoms with Crippen LogP contribution >= 0.6 is 0 Å². The van der Waals surface area contributed by atoms with Crippen molar-refractivity contribution < 1.29 is 9.90 Å². The Labute approximate surface area is 124 Å². The summed E-state index contributed by atoms with van der Waals surface area (Å²) in [6.45, 7) is 1.83. The fraction of sp³-hybridized carbons (Fsp3) is 0.500. The van der Waals surface area contributed by atoms with Gasteiger partial charge in [0.2, 0.25) is 5.91 Å². The molecule has 0 radical (unpaired) electrons. The number of para-hydroxylation sites is 2. The molecule has 1 fully saturated rings. The Balaban J connectivity index is 1.54. The molecule has 1 aromatic heterocycles. The van der Waals surface area contributed by atoms with Gasteiger partial charge in [-0.25, -0.2) is 4.98 Å². The van der Waals surface area contributed by atoms with Gasteiger partial charge >= 0.3 is 0 Å². The molecule has 1 saturated heterocycles. The van der Waals surface area contributed by atoms with Crippen molar-refractivity contribution in [1.29, 1.82) is 0 Å². The van der Waals surface area contributed by atoms with E-state index in [0.29, 0.717) is 18.8 Å². The quantitative estimate of drug-likeness (QED) is 0.880. The average Bonchev–Trinajstić information content (AvgIpc) is 3.11. The molecule has 21 heavy (non-hydrogen) atoms. The van der Waals surface area contributed by atoms with Gasteiger partial charge in [-0.15, -0.1) is 0 Å². The number of aromatic amines is 1. The number of likely N-dealkylation sites (tertiary alicyclic amines) is 1. The van der Waals surface area contributed by atoms with E-state index in [4.69, 9.17) is 5.11 Å². The van der Waals surface area contributed by atoms with Crippen LogP contribution in [0.25, 0.3) is 11.0 Å². The number of hydrogen-bond donors (Lipinski definition) is 2. The van der Waals surface area contributed by atoms with Crippen LogP contribution in [0, 0.1) is 5.92 Å². The number of H-pyrrole nitrogens is 1. The van der Waals surface area contributed by atoms with Crippen molar-refractivity contribution in [2.24, 2.45) is 5.92 Å². The SMILES string of the molecule is O=C(CCc1nc2ccccc2[nH]1)N1CCC(CCO)C1. The monoisotopic (exact) mass is 287 g/mol. The molecule has 0 spiro atoms. The number of nitrogens with one attached hydrogen (secondary N) is 1. The number of fused-ring (bicyclic) bond motifs is 1. The van der Waals surface area contributed by atoms with Gasteiger partial charge in [-0.05, 0) is 30.9 Å². The number of aryl methyl sites for hydroxylation is 1. The summed E-state index contributed by atoms with van der Waals surface area (Å²) >= 11 is 0. The number of amides is 1. The molecule has 0 bridgehead atoms. The number of hydrogen-bond acceptors (Lipinski definition) is 3. The number of carbonyl (C=O) groups is 1.